The van der Waals surface area contributed by atoms with E-state index in [0.717, 1.165) is 30.3 Å². The van der Waals surface area contributed by atoms with E-state index >= 15 is 0 Å². The van der Waals surface area contributed by atoms with Gasteiger partial charge in [-0.1, -0.05) is 17.3 Å². The molecule has 1 N–H and O–H groups in total. The topological polar surface area (TPSA) is 90.7 Å². The van der Waals surface area contributed by atoms with E-state index in [-0.39, 0.29) is 11.3 Å². The number of carbonyl (C=O) groups excluding carboxylic acids is 2. The third-order valence-corrected chi connectivity index (χ3v) is 4.24. The Labute approximate surface area is 184 Å². The zero-order valence-electron chi connectivity index (χ0n) is 17.9. The molecule has 1 heterocycles. The van der Waals surface area contributed by atoms with Crippen LogP contribution in [-0.2, 0) is 26.9 Å². The van der Waals surface area contributed by atoms with E-state index in [4.69, 9.17) is 9.26 Å². The number of benzene rings is 1. The predicted octanol–water partition coefficient (Wildman–Crippen LogP) is 4.90. The number of aromatic nitrogens is 1. The Balaban J connectivity index is 2.40. The van der Waals surface area contributed by atoms with Crippen molar-refractivity contribution >= 4 is 12.1 Å². The maximum absolute atomic E-state index is 14.0. The minimum absolute atomic E-state index is 0.0862. The Bertz CT molecular complexity index is 992. The lowest BCUT2D eigenvalue weighted by atomic mass is 9.92. The fourth-order valence-corrected chi connectivity index (χ4v) is 2.73. The molecule has 0 aliphatic carbocycles. The Hall–Kier alpha value is -3.25. The fourth-order valence-electron chi connectivity index (χ4n) is 2.73. The number of nitrogens with zero attached hydrogens (tertiary/aromatic N) is 1. The molecule has 0 radical (unpaired) electrons. The first-order valence-corrected chi connectivity index (χ1v) is 9.28. The molecule has 182 valence electrons. The quantitative estimate of drug-likeness (QED) is 0.482. The number of hydrogen-bond acceptors (Lipinski definition) is 6. The number of alkyl carbamates (subject to hydrolysis) is 1. The highest BCUT2D eigenvalue weighted by atomic mass is 19.4. The molecule has 1 aromatic heterocycles. The molecule has 13 heteroatoms. The van der Waals surface area contributed by atoms with Crippen molar-refractivity contribution in [3.05, 3.63) is 41.7 Å². The van der Waals surface area contributed by atoms with Crippen LogP contribution in [0.5, 0.6) is 0 Å². The van der Waals surface area contributed by atoms with Crippen molar-refractivity contribution in [1.82, 2.24) is 10.5 Å². The van der Waals surface area contributed by atoms with Crippen molar-refractivity contribution in [1.29, 1.82) is 0 Å². The van der Waals surface area contributed by atoms with Gasteiger partial charge in [0.1, 0.15) is 17.1 Å². The minimum atomic E-state index is -5.35. The van der Waals surface area contributed by atoms with Gasteiger partial charge in [-0.2, -0.15) is 26.3 Å². The van der Waals surface area contributed by atoms with Crippen LogP contribution < -0.4 is 5.32 Å². The van der Waals surface area contributed by atoms with Crippen molar-refractivity contribution < 1.29 is 49.9 Å². The van der Waals surface area contributed by atoms with Gasteiger partial charge in [-0.15, -0.1) is 0 Å². The van der Waals surface area contributed by atoms with Gasteiger partial charge in [-0.25, -0.2) is 9.59 Å². The van der Waals surface area contributed by atoms with Crippen LogP contribution in [-0.4, -0.2) is 41.6 Å². The van der Waals surface area contributed by atoms with Gasteiger partial charge >= 0.3 is 24.4 Å². The number of hydrogen-bond donors (Lipinski definition) is 1. The number of halogens is 6. The Morgan fingerprint density at radius 1 is 1.03 bits per heavy atom. The van der Waals surface area contributed by atoms with Gasteiger partial charge in [0.2, 0.25) is 5.54 Å². The SMILES string of the molecule is COC(=O)C(Cc1cc(-c2ccc(C(F)(F)F)cc2)no1)(NC(=O)OC(C)(C)C)C(F)(F)F. The van der Waals surface area contributed by atoms with Gasteiger partial charge in [-0.05, 0) is 32.9 Å². The van der Waals surface area contributed by atoms with Gasteiger partial charge in [0.15, 0.2) is 0 Å². The number of methoxy groups -OCH3 is 1. The average Bonchev–Trinajstić information content (AvgIpc) is 3.12. The Morgan fingerprint density at radius 2 is 1.61 bits per heavy atom. The van der Waals surface area contributed by atoms with Crippen LogP contribution in [0.3, 0.4) is 0 Å². The van der Waals surface area contributed by atoms with Crippen LogP contribution in [0.1, 0.15) is 32.1 Å². The molecule has 0 aliphatic heterocycles. The highest BCUT2D eigenvalue weighted by Gasteiger charge is 2.63. The summed E-state index contributed by atoms with van der Waals surface area (Å²) in [5.74, 6) is -2.34. The number of ether oxygens (including phenoxy) is 2. The molecular formula is C20H20F6N2O5. The molecule has 1 unspecified atom stereocenters. The second-order valence-corrected chi connectivity index (χ2v) is 7.95. The van der Waals surface area contributed by atoms with E-state index < -0.39 is 53.3 Å². The Morgan fingerprint density at radius 3 is 2.06 bits per heavy atom. The lowest BCUT2D eigenvalue weighted by Gasteiger charge is -2.33. The molecule has 2 rings (SSSR count). The molecule has 1 aromatic carbocycles. The highest BCUT2D eigenvalue weighted by Crippen LogP contribution is 2.36. The van der Waals surface area contributed by atoms with E-state index in [9.17, 15) is 35.9 Å². The van der Waals surface area contributed by atoms with Gasteiger partial charge in [0, 0.05) is 11.6 Å². The third kappa shape index (κ3) is 6.17. The zero-order chi connectivity index (χ0) is 25.2. The van der Waals surface area contributed by atoms with Gasteiger partial charge in [0.25, 0.3) is 0 Å². The van der Waals surface area contributed by atoms with Crippen LogP contribution in [0.2, 0.25) is 0 Å². The first kappa shape index (κ1) is 26.0. The lowest BCUT2D eigenvalue weighted by molar-refractivity contribution is -0.211. The third-order valence-electron chi connectivity index (χ3n) is 4.24. The number of nitrogens with one attached hydrogen (secondary N) is 1. The summed E-state index contributed by atoms with van der Waals surface area (Å²) in [6.45, 7) is 4.23. The normalized spacial score (nSPS) is 14.4. The lowest BCUT2D eigenvalue weighted by Crippen LogP contribution is -2.66. The minimum Gasteiger partial charge on any atom is -0.467 e. The van der Waals surface area contributed by atoms with Gasteiger partial charge in [0.05, 0.1) is 19.1 Å². The first-order chi connectivity index (χ1) is 15.0. The summed E-state index contributed by atoms with van der Waals surface area (Å²) in [6, 6.07) is 4.65. The number of amides is 1. The molecule has 1 atom stereocenters. The van der Waals surface area contributed by atoms with Gasteiger partial charge < -0.3 is 14.0 Å². The predicted molar refractivity (Wildman–Crippen MR) is 101 cm³/mol. The summed E-state index contributed by atoms with van der Waals surface area (Å²) in [5, 5.41) is 5.07. The molecule has 0 saturated heterocycles. The summed E-state index contributed by atoms with van der Waals surface area (Å²) in [4.78, 5) is 24.3. The molecule has 1 amide bonds. The van der Waals surface area contributed by atoms with Crippen molar-refractivity contribution in [3.63, 3.8) is 0 Å². The summed E-state index contributed by atoms with van der Waals surface area (Å²) < 4.78 is 94.2. The number of alkyl halides is 6. The second kappa shape index (κ2) is 8.94. The largest absolute Gasteiger partial charge is 0.467 e. The number of esters is 1. The second-order valence-electron chi connectivity index (χ2n) is 7.95. The van der Waals surface area contributed by atoms with Crippen LogP contribution in [0.15, 0.2) is 34.9 Å². The van der Waals surface area contributed by atoms with E-state index in [1.807, 2.05) is 0 Å². The maximum Gasteiger partial charge on any atom is 0.423 e. The average molecular weight is 482 g/mol. The van der Waals surface area contributed by atoms with Crippen LogP contribution in [0.4, 0.5) is 31.1 Å². The van der Waals surface area contributed by atoms with E-state index in [2.05, 4.69) is 9.89 Å². The molecule has 0 aliphatic rings. The van der Waals surface area contributed by atoms with Crippen molar-refractivity contribution in [2.24, 2.45) is 0 Å². The molecule has 0 fully saturated rings. The number of rotatable bonds is 5. The molecule has 2 aromatic rings. The fraction of sp³-hybridized carbons (Fsp3) is 0.450. The molecule has 0 bridgehead atoms. The molecule has 0 saturated carbocycles. The van der Waals surface area contributed by atoms with Crippen molar-refractivity contribution in [2.45, 2.75) is 50.7 Å². The van der Waals surface area contributed by atoms with E-state index in [0.29, 0.717) is 7.11 Å². The van der Waals surface area contributed by atoms with E-state index in [1.165, 1.54) is 26.1 Å². The van der Waals surface area contributed by atoms with Crippen LogP contribution >= 0.6 is 0 Å². The zero-order valence-corrected chi connectivity index (χ0v) is 17.9. The van der Waals surface area contributed by atoms with Crippen molar-refractivity contribution in [2.75, 3.05) is 7.11 Å². The molecule has 0 spiro atoms. The summed E-state index contributed by atoms with van der Waals surface area (Å²) in [5.41, 5.74) is -5.65. The van der Waals surface area contributed by atoms with Crippen LogP contribution in [0, 0.1) is 0 Å². The summed E-state index contributed by atoms with van der Waals surface area (Å²) in [6.07, 6.45) is -12.7. The van der Waals surface area contributed by atoms with Crippen molar-refractivity contribution in [3.8, 4) is 11.3 Å². The Kier molecular flexibility index (Phi) is 7.05. The highest BCUT2D eigenvalue weighted by molar-refractivity contribution is 5.87. The smallest absolute Gasteiger partial charge is 0.423 e. The molecular weight excluding hydrogens is 462 g/mol. The molecule has 33 heavy (non-hydrogen) atoms. The molecule has 7 nitrogen and oxygen atoms in total. The number of carbonyl (C=O) groups is 2. The first-order valence-electron chi connectivity index (χ1n) is 9.28. The van der Waals surface area contributed by atoms with Crippen LogP contribution in [0.25, 0.3) is 11.3 Å². The van der Waals surface area contributed by atoms with E-state index in [1.54, 1.807) is 0 Å². The standard InChI is InChI=1S/C20H20F6N2O5/c1-17(2,3)32-16(30)27-18(15(29)31-4,20(24,25)26)10-13-9-14(28-33-13)11-5-7-12(8-6-11)19(21,22)23/h5-9H,10H2,1-4H3,(H,27,30). The van der Waals surface area contributed by atoms with Gasteiger partial charge in [-0.3, -0.25) is 5.32 Å². The summed E-state index contributed by atoms with van der Waals surface area (Å²) in [7, 11) is 0.702. The maximum atomic E-state index is 14.0. The monoisotopic (exact) mass is 482 g/mol. The summed E-state index contributed by atoms with van der Waals surface area (Å²) >= 11 is 0.